The van der Waals surface area contributed by atoms with Crippen molar-refractivity contribution in [2.45, 2.75) is 20.3 Å². The molecule has 0 aliphatic heterocycles. The number of hydrogen-bond acceptors (Lipinski definition) is 4. The molecule has 16 heavy (non-hydrogen) atoms. The molecular formula is C9H13N3O4. The average Bonchev–Trinajstić information content (AvgIpc) is 2.49. The topological polar surface area (TPSA) is 104 Å². The van der Waals surface area contributed by atoms with Gasteiger partial charge in [-0.3, -0.25) is 14.7 Å². The molecule has 7 nitrogen and oxygen atoms in total. The molecule has 0 aromatic carbocycles. The first-order valence-electron chi connectivity index (χ1n) is 4.63. The second kappa shape index (κ2) is 5.26. The fraction of sp³-hybridized carbons (Fsp3) is 0.444. The summed E-state index contributed by atoms with van der Waals surface area (Å²) in [4.78, 5) is 25.9. The lowest BCUT2D eigenvalue weighted by Crippen LogP contribution is -2.28. The molecule has 0 aliphatic rings. The maximum atomic E-state index is 11.3. The number of carbonyl (C=O) groups excluding carboxylic acids is 1. The highest BCUT2D eigenvalue weighted by molar-refractivity contribution is 5.78. The van der Waals surface area contributed by atoms with Crippen molar-refractivity contribution in [2.24, 2.45) is 0 Å². The summed E-state index contributed by atoms with van der Waals surface area (Å²) < 4.78 is 0. The summed E-state index contributed by atoms with van der Waals surface area (Å²) in [6.07, 6.45) is 0.105. The number of amides is 1. The third-order valence-corrected chi connectivity index (χ3v) is 2.00. The maximum Gasteiger partial charge on any atom is 0.332 e. The Kier molecular flexibility index (Phi) is 4.01. The third-order valence-electron chi connectivity index (χ3n) is 2.00. The molecule has 0 bridgehead atoms. The molecule has 0 aliphatic carbocycles. The summed E-state index contributed by atoms with van der Waals surface area (Å²) in [6.45, 7) is 3.03. The Hall–Kier alpha value is -1.89. The van der Waals surface area contributed by atoms with E-state index in [0.29, 0.717) is 0 Å². The minimum Gasteiger partial charge on any atom is -0.479 e. The van der Waals surface area contributed by atoms with E-state index >= 15 is 0 Å². The van der Waals surface area contributed by atoms with Gasteiger partial charge in [-0.15, -0.1) is 0 Å². The van der Waals surface area contributed by atoms with Gasteiger partial charge >= 0.3 is 5.97 Å². The summed E-state index contributed by atoms with van der Waals surface area (Å²) in [6, 6.07) is 0. The lowest BCUT2D eigenvalue weighted by Gasteiger charge is -2.03. The zero-order valence-corrected chi connectivity index (χ0v) is 9.03. The first-order chi connectivity index (χ1) is 7.50. The smallest absolute Gasteiger partial charge is 0.332 e. The lowest BCUT2D eigenvalue weighted by atomic mass is 10.1. The SMILES string of the molecule is Cc1n[nH]c(C)c1CC(=O)NOCC(=O)O. The largest absolute Gasteiger partial charge is 0.479 e. The van der Waals surface area contributed by atoms with Gasteiger partial charge in [0.2, 0.25) is 5.91 Å². The van der Waals surface area contributed by atoms with Crippen LogP contribution in [0, 0.1) is 13.8 Å². The number of carbonyl (C=O) groups is 2. The molecule has 1 amide bonds. The summed E-state index contributed by atoms with van der Waals surface area (Å²) >= 11 is 0. The Morgan fingerprint density at radius 3 is 2.69 bits per heavy atom. The monoisotopic (exact) mass is 227 g/mol. The number of aliphatic carboxylic acids is 1. The Morgan fingerprint density at radius 2 is 2.19 bits per heavy atom. The van der Waals surface area contributed by atoms with Crippen molar-refractivity contribution in [3.63, 3.8) is 0 Å². The van der Waals surface area contributed by atoms with Crippen LogP contribution < -0.4 is 5.48 Å². The second-order valence-electron chi connectivity index (χ2n) is 3.30. The van der Waals surface area contributed by atoms with Crippen LogP contribution in [0.25, 0.3) is 0 Å². The molecule has 0 fully saturated rings. The normalized spacial score (nSPS) is 10.1. The van der Waals surface area contributed by atoms with E-state index < -0.39 is 18.5 Å². The van der Waals surface area contributed by atoms with Crippen LogP contribution in [-0.2, 0) is 20.8 Å². The van der Waals surface area contributed by atoms with Crippen LogP contribution in [-0.4, -0.2) is 33.8 Å². The molecule has 0 spiro atoms. The van der Waals surface area contributed by atoms with Crippen molar-refractivity contribution in [3.8, 4) is 0 Å². The Balaban J connectivity index is 2.43. The van der Waals surface area contributed by atoms with Crippen LogP contribution in [0.1, 0.15) is 17.0 Å². The van der Waals surface area contributed by atoms with E-state index in [1.807, 2.05) is 5.48 Å². The number of carboxylic acid groups (broad SMARTS) is 1. The zero-order chi connectivity index (χ0) is 12.1. The second-order valence-corrected chi connectivity index (χ2v) is 3.30. The van der Waals surface area contributed by atoms with E-state index in [-0.39, 0.29) is 6.42 Å². The molecule has 3 N–H and O–H groups in total. The molecule has 7 heteroatoms. The number of hydrogen-bond donors (Lipinski definition) is 3. The highest BCUT2D eigenvalue weighted by Gasteiger charge is 2.11. The number of nitrogens with one attached hydrogen (secondary N) is 2. The lowest BCUT2D eigenvalue weighted by molar-refractivity contribution is -0.149. The number of aromatic nitrogens is 2. The highest BCUT2D eigenvalue weighted by atomic mass is 16.7. The number of aromatic amines is 1. The van der Waals surface area contributed by atoms with E-state index in [0.717, 1.165) is 17.0 Å². The van der Waals surface area contributed by atoms with Gasteiger partial charge in [-0.05, 0) is 13.8 Å². The summed E-state index contributed by atoms with van der Waals surface area (Å²) in [5.74, 6) is -1.55. The van der Waals surface area contributed by atoms with E-state index in [1.54, 1.807) is 13.8 Å². The van der Waals surface area contributed by atoms with Gasteiger partial charge in [-0.25, -0.2) is 10.3 Å². The molecule has 0 saturated carbocycles. The van der Waals surface area contributed by atoms with Gasteiger partial charge in [0.15, 0.2) is 6.61 Å². The van der Waals surface area contributed by atoms with Crippen LogP contribution in [0.15, 0.2) is 0 Å². The first-order valence-corrected chi connectivity index (χ1v) is 4.63. The molecule has 88 valence electrons. The molecule has 0 unspecified atom stereocenters. The minimum absolute atomic E-state index is 0.105. The summed E-state index contributed by atoms with van der Waals surface area (Å²) in [7, 11) is 0. The number of aryl methyl sites for hydroxylation is 2. The molecule has 1 aromatic rings. The van der Waals surface area contributed by atoms with Crippen molar-refractivity contribution >= 4 is 11.9 Å². The van der Waals surface area contributed by atoms with E-state index in [1.165, 1.54) is 0 Å². The fourth-order valence-corrected chi connectivity index (χ4v) is 1.21. The third kappa shape index (κ3) is 3.35. The standard InChI is InChI=1S/C9H13N3O4/c1-5-7(6(2)11-10-5)3-8(13)12-16-4-9(14)15/h3-4H2,1-2H3,(H,10,11)(H,12,13)(H,14,15). The number of carboxylic acids is 1. The van der Waals surface area contributed by atoms with Crippen LogP contribution in [0.3, 0.4) is 0 Å². The highest BCUT2D eigenvalue weighted by Crippen LogP contribution is 2.09. The van der Waals surface area contributed by atoms with Gasteiger partial charge in [-0.2, -0.15) is 5.10 Å². The number of rotatable bonds is 5. The van der Waals surface area contributed by atoms with E-state index in [4.69, 9.17) is 5.11 Å². The predicted molar refractivity (Wildman–Crippen MR) is 53.5 cm³/mol. The number of H-pyrrole nitrogens is 1. The Bertz CT molecular complexity index is 380. The van der Waals surface area contributed by atoms with Crippen LogP contribution in [0.2, 0.25) is 0 Å². The van der Waals surface area contributed by atoms with Gasteiger partial charge in [0, 0.05) is 11.3 Å². The van der Waals surface area contributed by atoms with Crippen molar-refractivity contribution in [1.82, 2.24) is 15.7 Å². The molecule has 1 aromatic heterocycles. The molecule has 1 heterocycles. The van der Waals surface area contributed by atoms with Crippen molar-refractivity contribution < 1.29 is 19.5 Å². The molecule has 0 atom stereocenters. The minimum atomic E-state index is -1.14. The van der Waals surface area contributed by atoms with Gasteiger partial charge < -0.3 is 5.11 Å². The number of nitrogens with zero attached hydrogens (tertiary/aromatic N) is 1. The Labute approximate surface area is 91.8 Å². The zero-order valence-electron chi connectivity index (χ0n) is 9.03. The van der Waals surface area contributed by atoms with Crippen molar-refractivity contribution in [3.05, 3.63) is 17.0 Å². The van der Waals surface area contributed by atoms with Gasteiger partial charge in [0.05, 0.1) is 12.1 Å². The van der Waals surface area contributed by atoms with Crippen LogP contribution in [0.5, 0.6) is 0 Å². The van der Waals surface area contributed by atoms with Gasteiger partial charge in [0.25, 0.3) is 0 Å². The average molecular weight is 227 g/mol. The molecule has 0 radical (unpaired) electrons. The number of hydroxylamine groups is 1. The van der Waals surface area contributed by atoms with Crippen LogP contribution in [0.4, 0.5) is 0 Å². The first kappa shape index (κ1) is 12.2. The summed E-state index contributed by atoms with van der Waals surface area (Å²) in [5.41, 5.74) is 4.39. The fourth-order valence-electron chi connectivity index (χ4n) is 1.21. The summed E-state index contributed by atoms with van der Waals surface area (Å²) in [5, 5.41) is 15.0. The van der Waals surface area contributed by atoms with Crippen LogP contribution >= 0.6 is 0 Å². The van der Waals surface area contributed by atoms with E-state index in [9.17, 15) is 9.59 Å². The Morgan fingerprint density at radius 1 is 1.50 bits per heavy atom. The van der Waals surface area contributed by atoms with Gasteiger partial charge in [0.1, 0.15) is 0 Å². The van der Waals surface area contributed by atoms with Gasteiger partial charge in [-0.1, -0.05) is 0 Å². The molecule has 1 rings (SSSR count). The maximum absolute atomic E-state index is 11.3. The van der Waals surface area contributed by atoms with Crippen molar-refractivity contribution in [1.29, 1.82) is 0 Å². The van der Waals surface area contributed by atoms with Crippen molar-refractivity contribution in [2.75, 3.05) is 6.61 Å². The predicted octanol–water partition coefficient (Wildman–Crippen LogP) is -0.299. The van der Waals surface area contributed by atoms with E-state index in [2.05, 4.69) is 15.0 Å². The molecule has 0 saturated heterocycles. The quantitative estimate of drug-likeness (QED) is 0.599. The molecular weight excluding hydrogens is 214 g/mol.